The molecular weight excluding hydrogens is 533 g/mol. The number of nitrogens with one attached hydrogen (secondary N) is 2. The SMILES string of the molecule is CCC(CNC(=NC)NCCCOCC1CCOC1)Cc1cccc(Br)c1.I. The Bertz CT molecular complexity index is 568. The van der Waals surface area contributed by atoms with Gasteiger partial charge in [0.2, 0.25) is 0 Å². The minimum atomic E-state index is 0. The van der Waals surface area contributed by atoms with E-state index in [-0.39, 0.29) is 24.0 Å². The molecule has 0 spiro atoms. The molecule has 2 rings (SSSR count). The van der Waals surface area contributed by atoms with E-state index in [4.69, 9.17) is 9.47 Å². The number of halogens is 2. The first kappa shape index (κ1) is 25.7. The van der Waals surface area contributed by atoms with Crippen molar-refractivity contribution >= 4 is 45.9 Å². The summed E-state index contributed by atoms with van der Waals surface area (Å²) in [6, 6.07) is 8.56. The maximum absolute atomic E-state index is 5.74. The van der Waals surface area contributed by atoms with E-state index in [2.05, 4.69) is 62.7 Å². The molecule has 0 bridgehead atoms. The number of ether oxygens (including phenoxy) is 2. The van der Waals surface area contributed by atoms with Crippen LogP contribution in [-0.4, -0.2) is 52.5 Å². The topological polar surface area (TPSA) is 54.9 Å². The molecule has 1 aromatic carbocycles. The Morgan fingerprint density at radius 3 is 2.93 bits per heavy atom. The molecule has 0 aromatic heterocycles. The number of nitrogens with zero attached hydrogens (tertiary/aromatic N) is 1. The van der Waals surface area contributed by atoms with Gasteiger partial charge in [0.25, 0.3) is 0 Å². The van der Waals surface area contributed by atoms with Crippen LogP contribution in [0.25, 0.3) is 0 Å². The average molecular weight is 568 g/mol. The first-order valence-corrected chi connectivity index (χ1v) is 10.8. The second-order valence-corrected chi connectivity index (χ2v) is 8.06. The quantitative estimate of drug-likeness (QED) is 0.182. The highest BCUT2D eigenvalue weighted by atomic mass is 127. The fourth-order valence-corrected chi connectivity index (χ4v) is 3.61. The number of benzene rings is 1. The van der Waals surface area contributed by atoms with E-state index in [0.29, 0.717) is 11.8 Å². The molecule has 0 amide bonds. The molecule has 7 heteroatoms. The van der Waals surface area contributed by atoms with Gasteiger partial charge in [-0.25, -0.2) is 0 Å². The number of rotatable bonds is 11. The van der Waals surface area contributed by atoms with Crippen LogP contribution in [0.15, 0.2) is 33.7 Å². The molecule has 1 saturated heterocycles. The van der Waals surface area contributed by atoms with Gasteiger partial charge in [-0.1, -0.05) is 41.4 Å². The van der Waals surface area contributed by atoms with Crippen LogP contribution in [0.3, 0.4) is 0 Å². The predicted molar refractivity (Wildman–Crippen MR) is 131 cm³/mol. The van der Waals surface area contributed by atoms with E-state index < -0.39 is 0 Å². The van der Waals surface area contributed by atoms with Crippen molar-refractivity contribution in [1.82, 2.24) is 10.6 Å². The Hall–Kier alpha value is -0.380. The summed E-state index contributed by atoms with van der Waals surface area (Å²) in [5.41, 5.74) is 1.37. The molecule has 1 heterocycles. The van der Waals surface area contributed by atoms with Crippen LogP contribution in [0.2, 0.25) is 0 Å². The largest absolute Gasteiger partial charge is 0.381 e. The van der Waals surface area contributed by atoms with Crippen molar-refractivity contribution in [2.24, 2.45) is 16.8 Å². The Kier molecular flexibility index (Phi) is 14.2. The fraction of sp³-hybridized carbons (Fsp3) is 0.667. The Labute approximate surface area is 195 Å². The molecule has 5 nitrogen and oxygen atoms in total. The Morgan fingerprint density at radius 2 is 2.25 bits per heavy atom. The summed E-state index contributed by atoms with van der Waals surface area (Å²) in [5, 5.41) is 6.84. The predicted octanol–water partition coefficient (Wildman–Crippen LogP) is 4.24. The first-order chi connectivity index (χ1) is 13.2. The molecule has 1 fully saturated rings. The van der Waals surface area contributed by atoms with Crippen molar-refractivity contribution in [2.75, 3.05) is 46.6 Å². The molecule has 2 N–H and O–H groups in total. The lowest BCUT2D eigenvalue weighted by Gasteiger charge is -2.18. The van der Waals surface area contributed by atoms with Gasteiger partial charge in [-0.15, -0.1) is 24.0 Å². The van der Waals surface area contributed by atoms with Crippen molar-refractivity contribution in [1.29, 1.82) is 0 Å². The lowest BCUT2D eigenvalue weighted by molar-refractivity contribution is 0.0888. The van der Waals surface area contributed by atoms with Gasteiger partial charge < -0.3 is 20.1 Å². The van der Waals surface area contributed by atoms with Gasteiger partial charge in [0.1, 0.15) is 0 Å². The van der Waals surface area contributed by atoms with E-state index in [1.165, 1.54) is 5.56 Å². The van der Waals surface area contributed by atoms with Crippen LogP contribution in [0.4, 0.5) is 0 Å². The molecule has 1 aliphatic heterocycles. The fourth-order valence-electron chi connectivity index (χ4n) is 3.17. The van der Waals surface area contributed by atoms with E-state index in [9.17, 15) is 0 Å². The average Bonchev–Trinajstić information content (AvgIpc) is 3.19. The standard InChI is InChI=1S/C21H34BrN3O2.HI/c1-3-17(12-18-6-4-7-20(22)13-18)14-25-21(23-2)24-9-5-10-26-15-19-8-11-27-16-19;/h4,6-7,13,17,19H,3,5,8-12,14-16H2,1-2H3,(H2,23,24,25);1H. The second kappa shape index (κ2) is 15.5. The molecular formula is C21H35BrIN3O2. The van der Waals surface area contributed by atoms with Gasteiger partial charge >= 0.3 is 0 Å². The maximum Gasteiger partial charge on any atom is 0.190 e. The molecule has 2 atom stereocenters. The van der Waals surface area contributed by atoms with Crippen LogP contribution in [0, 0.1) is 11.8 Å². The summed E-state index contributed by atoms with van der Waals surface area (Å²) < 4.78 is 12.2. The summed E-state index contributed by atoms with van der Waals surface area (Å²) >= 11 is 3.55. The van der Waals surface area contributed by atoms with Gasteiger partial charge in [0, 0.05) is 43.7 Å². The number of hydrogen-bond donors (Lipinski definition) is 2. The minimum Gasteiger partial charge on any atom is -0.381 e. The highest BCUT2D eigenvalue weighted by Gasteiger charge is 2.15. The van der Waals surface area contributed by atoms with Crippen molar-refractivity contribution in [3.05, 3.63) is 34.3 Å². The van der Waals surface area contributed by atoms with E-state index in [1.807, 2.05) is 7.05 Å². The monoisotopic (exact) mass is 567 g/mol. The molecule has 2 unspecified atom stereocenters. The molecule has 1 aliphatic rings. The first-order valence-electron chi connectivity index (χ1n) is 10.1. The van der Waals surface area contributed by atoms with Gasteiger partial charge in [0.15, 0.2) is 5.96 Å². The lowest BCUT2D eigenvalue weighted by Crippen LogP contribution is -2.40. The summed E-state index contributed by atoms with van der Waals surface area (Å²) in [7, 11) is 1.82. The van der Waals surface area contributed by atoms with Gasteiger partial charge in [0.05, 0.1) is 13.2 Å². The molecule has 0 saturated carbocycles. The summed E-state index contributed by atoms with van der Waals surface area (Å²) in [6.45, 7) is 7.37. The Morgan fingerprint density at radius 1 is 1.39 bits per heavy atom. The third-order valence-corrected chi connectivity index (χ3v) is 5.40. The zero-order valence-electron chi connectivity index (χ0n) is 17.1. The summed E-state index contributed by atoms with van der Waals surface area (Å²) in [5.74, 6) is 2.03. The van der Waals surface area contributed by atoms with Gasteiger partial charge in [-0.2, -0.15) is 0 Å². The van der Waals surface area contributed by atoms with Crippen LogP contribution >= 0.6 is 39.9 Å². The van der Waals surface area contributed by atoms with Crippen LogP contribution in [0.1, 0.15) is 31.7 Å². The third-order valence-electron chi connectivity index (χ3n) is 4.91. The normalized spacial score (nSPS) is 17.8. The highest BCUT2D eigenvalue weighted by molar-refractivity contribution is 14.0. The van der Waals surface area contributed by atoms with Crippen molar-refractivity contribution in [3.63, 3.8) is 0 Å². The summed E-state index contributed by atoms with van der Waals surface area (Å²) in [4.78, 5) is 4.33. The molecule has 28 heavy (non-hydrogen) atoms. The molecule has 0 aliphatic carbocycles. The highest BCUT2D eigenvalue weighted by Crippen LogP contribution is 2.16. The molecule has 1 aromatic rings. The Balaban J connectivity index is 0.00000392. The lowest BCUT2D eigenvalue weighted by atomic mass is 9.97. The van der Waals surface area contributed by atoms with Crippen LogP contribution in [0.5, 0.6) is 0 Å². The number of hydrogen-bond acceptors (Lipinski definition) is 3. The third kappa shape index (κ3) is 10.4. The maximum atomic E-state index is 5.74. The van der Waals surface area contributed by atoms with Crippen LogP contribution in [-0.2, 0) is 15.9 Å². The van der Waals surface area contributed by atoms with E-state index >= 15 is 0 Å². The molecule has 160 valence electrons. The van der Waals surface area contributed by atoms with Crippen molar-refractivity contribution < 1.29 is 9.47 Å². The smallest absolute Gasteiger partial charge is 0.190 e. The number of aliphatic imine (C=N–C) groups is 1. The molecule has 0 radical (unpaired) electrons. The minimum absolute atomic E-state index is 0. The zero-order valence-corrected chi connectivity index (χ0v) is 21.0. The number of guanidine groups is 1. The van der Waals surface area contributed by atoms with E-state index in [1.54, 1.807) is 0 Å². The van der Waals surface area contributed by atoms with Crippen LogP contribution < -0.4 is 10.6 Å². The summed E-state index contributed by atoms with van der Waals surface area (Å²) in [6.07, 6.45) is 4.31. The zero-order chi connectivity index (χ0) is 19.3. The van der Waals surface area contributed by atoms with Gasteiger partial charge in [-0.05, 0) is 42.9 Å². The van der Waals surface area contributed by atoms with Gasteiger partial charge in [-0.3, -0.25) is 4.99 Å². The van der Waals surface area contributed by atoms with Crippen molar-refractivity contribution in [3.8, 4) is 0 Å². The second-order valence-electron chi connectivity index (χ2n) is 7.15. The van der Waals surface area contributed by atoms with Crippen molar-refractivity contribution in [2.45, 2.75) is 32.6 Å². The van der Waals surface area contributed by atoms with E-state index in [0.717, 1.165) is 75.6 Å².